The van der Waals surface area contributed by atoms with Crippen LogP contribution in [0.3, 0.4) is 0 Å². The van der Waals surface area contributed by atoms with Gasteiger partial charge in [-0.15, -0.1) is 0 Å². The normalized spacial score (nSPS) is 13.5. The Kier molecular flexibility index (Phi) is 8.76. The highest BCUT2D eigenvalue weighted by atomic mass is 35.5. The molecular formula is C20H25ClN2O5. The smallest absolute Gasteiger partial charge is 0.328 e. The van der Waals surface area contributed by atoms with Crippen LogP contribution in [0.1, 0.15) is 24.0 Å². The van der Waals surface area contributed by atoms with Crippen LogP contribution in [0, 0.1) is 0 Å². The van der Waals surface area contributed by atoms with Crippen LogP contribution >= 0.6 is 0 Å². The number of phenolic OH excluding ortho intramolecular Hbond substituents is 2. The summed E-state index contributed by atoms with van der Waals surface area (Å²) >= 11 is 0. The van der Waals surface area contributed by atoms with E-state index in [4.69, 9.17) is 4.74 Å². The van der Waals surface area contributed by atoms with Crippen molar-refractivity contribution in [3.63, 3.8) is 0 Å². The van der Waals surface area contributed by atoms with Gasteiger partial charge in [-0.3, -0.25) is 4.79 Å². The zero-order valence-electron chi connectivity index (χ0n) is 15.8. The van der Waals surface area contributed by atoms with E-state index < -0.39 is 18.1 Å². The Morgan fingerprint density at radius 2 is 1.75 bits per heavy atom. The quantitative estimate of drug-likeness (QED) is 0.303. The summed E-state index contributed by atoms with van der Waals surface area (Å²) < 4.78 is 4.78. The van der Waals surface area contributed by atoms with Crippen molar-refractivity contribution in [1.29, 1.82) is 0 Å². The summed E-state index contributed by atoms with van der Waals surface area (Å²) in [4.78, 5) is 24.7. The number of halogens is 1. The van der Waals surface area contributed by atoms with Crippen molar-refractivity contribution in [1.82, 2.24) is 5.32 Å². The van der Waals surface area contributed by atoms with Gasteiger partial charge in [0.1, 0.15) is 6.04 Å². The number of carbonyl (C=O) groups is 2. The molecule has 6 N–H and O–H groups in total. The SMILES string of the molecule is COC(=O)[C@H](Cc1ccc(O)c(O)c1)NC(=O)[C@@H]([NH3+])[C@H](C)c1ccccc1.[Cl-]. The maximum Gasteiger partial charge on any atom is 0.328 e. The van der Waals surface area contributed by atoms with E-state index in [1.54, 1.807) is 6.07 Å². The summed E-state index contributed by atoms with van der Waals surface area (Å²) in [7, 11) is 1.24. The van der Waals surface area contributed by atoms with Crippen LogP contribution in [-0.2, 0) is 20.7 Å². The van der Waals surface area contributed by atoms with E-state index in [1.807, 2.05) is 37.3 Å². The molecule has 0 fully saturated rings. The number of esters is 1. The van der Waals surface area contributed by atoms with E-state index >= 15 is 0 Å². The molecule has 0 saturated carbocycles. The van der Waals surface area contributed by atoms with Crippen LogP contribution in [0.25, 0.3) is 0 Å². The van der Waals surface area contributed by atoms with Crippen LogP contribution in [0.5, 0.6) is 11.5 Å². The number of phenols is 2. The Labute approximate surface area is 169 Å². The van der Waals surface area contributed by atoms with Crippen LogP contribution in [0.2, 0.25) is 0 Å². The highest BCUT2D eigenvalue weighted by molar-refractivity contribution is 5.87. The number of aromatic hydroxyl groups is 2. The molecule has 3 atom stereocenters. The topological polar surface area (TPSA) is 124 Å². The fourth-order valence-corrected chi connectivity index (χ4v) is 2.76. The Morgan fingerprint density at radius 1 is 1.11 bits per heavy atom. The molecular weight excluding hydrogens is 384 g/mol. The Hall–Kier alpha value is -2.77. The lowest BCUT2D eigenvalue weighted by molar-refractivity contribution is -0.408. The summed E-state index contributed by atoms with van der Waals surface area (Å²) in [6.45, 7) is 1.90. The minimum absolute atomic E-state index is 0. The fraction of sp³-hybridized carbons (Fsp3) is 0.300. The molecule has 0 unspecified atom stereocenters. The van der Waals surface area contributed by atoms with E-state index in [0.29, 0.717) is 5.56 Å². The largest absolute Gasteiger partial charge is 1.00 e. The lowest BCUT2D eigenvalue weighted by atomic mass is 9.93. The van der Waals surface area contributed by atoms with Crippen molar-refractivity contribution in [3.8, 4) is 11.5 Å². The third-order valence-electron chi connectivity index (χ3n) is 4.55. The molecule has 1 amide bonds. The van der Waals surface area contributed by atoms with Gasteiger partial charge in [0, 0.05) is 12.3 Å². The van der Waals surface area contributed by atoms with Crippen LogP contribution in [0.4, 0.5) is 0 Å². The van der Waals surface area contributed by atoms with Gasteiger partial charge in [0.2, 0.25) is 0 Å². The lowest BCUT2D eigenvalue weighted by Crippen LogP contribution is -3.00. The molecule has 0 aliphatic rings. The van der Waals surface area contributed by atoms with Crippen LogP contribution in [-0.4, -0.2) is 41.3 Å². The maximum atomic E-state index is 12.6. The molecule has 0 radical (unpaired) electrons. The van der Waals surface area contributed by atoms with Crippen molar-refractivity contribution in [2.24, 2.45) is 0 Å². The average molecular weight is 409 g/mol. The zero-order valence-corrected chi connectivity index (χ0v) is 16.5. The summed E-state index contributed by atoms with van der Waals surface area (Å²) in [5.41, 5.74) is 5.49. The Morgan fingerprint density at radius 3 is 2.32 bits per heavy atom. The predicted molar refractivity (Wildman–Crippen MR) is 99.0 cm³/mol. The van der Waals surface area contributed by atoms with E-state index in [2.05, 4.69) is 11.1 Å². The van der Waals surface area contributed by atoms with Gasteiger partial charge in [0.25, 0.3) is 5.91 Å². The molecule has 0 heterocycles. The Bertz CT molecular complexity index is 800. The summed E-state index contributed by atoms with van der Waals surface area (Å²) in [5, 5.41) is 21.7. The second-order valence-corrected chi connectivity index (χ2v) is 6.42. The second-order valence-electron chi connectivity index (χ2n) is 6.42. The molecule has 7 nitrogen and oxygen atoms in total. The lowest BCUT2D eigenvalue weighted by Gasteiger charge is -2.21. The molecule has 8 heteroatoms. The van der Waals surface area contributed by atoms with Gasteiger partial charge < -0.3 is 38.4 Å². The molecule has 0 spiro atoms. The molecule has 0 aliphatic heterocycles. The van der Waals surface area contributed by atoms with Crippen LogP contribution in [0.15, 0.2) is 48.5 Å². The highest BCUT2D eigenvalue weighted by Gasteiger charge is 2.30. The van der Waals surface area contributed by atoms with Crippen molar-refractivity contribution >= 4 is 11.9 Å². The Balaban J connectivity index is 0.00000392. The molecule has 0 saturated heterocycles. The molecule has 0 aromatic heterocycles. The number of quaternary nitrogens is 1. The van der Waals surface area contributed by atoms with Crippen molar-refractivity contribution in [2.45, 2.75) is 31.3 Å². The molecule has 2 rings (SSSR count). The van der Waals surface area contributed by atoms with Crippen molar-refractivity contribution in [2.75, 3.05) is 7.11 Å². The number of hydrogen-bond donors (Lipinski definition) is 4. The third kappa shape index (κ3) is 5.87. The first-order valence-electron chi connectivity index (χ1n) is 8.60. The van der Waals surface area contributed by atoms with E-state index in [1.165, 1.54) is 19.2 Å². The number of rotatable bonds is 7. The molecule has 28 heavy (non-hydrogen) atoms. The molecule has 152 valence electrons. The van der Waals surface area contributed by atoms with Gasteiger partial charge in [-0.1, -0.05) is 43.3 Å². The zero-order chi connectivity index (χ0) is 20.0. The van der Waals surface area contributed by atoms with E-state index in [0.717, 1.165) is 5.56 Å². The number of ether oxygens (including phenoxy) is 1. The maximum absolute atomic E-state index is 12.6. The van der Waals surface area contributed by atoms with Gasteiger partial charge in [0.15, 0.2) is 17.5 Å². The van der Waals surface area contributed by atoms with Crippen molar-refractivity contribution < 1.29 is 42.7 Å². The summed E-state index contributed by atoms with van der Waals surface area (Å²) in [6, 6.07) is 12.2. The first kappa shape index (κ1) is 23.3. The highest BCUT2D eigenvalue weighted by Crippen LogP contribution is 2.25. The van der Waals surface area contributed by atoms with Gasteiger partial charge in [-0.2, -0.15) is 0 Å². The number of nitrogens with one attached hydrogen (secondary N) is 1. The van der Waals surface area contributed by atoms with Crippen LogP contribution < -0.4 is 23.5 Å². The van der Waals surface area contributed by atoms with Gasteiger partial charge in [-0.25, -0.2) is 4.79 Å². The summed E-state index contributed by atoms with van der Waals surface area (Å²) in [5.74, 6) is -1.66. The number of carbonyl (C=O) groups excluding carboxylic acids is 2. The minimum Gasteiger partial charge on any atom is -1.00 e. The number of methoxy groups -OCH3 is 1. The van der Waals surface area contributed by atoms with Gasteiger partial charge >= 0.3 is 5.97 Å². The molecule has 2 aromatic carbocycles. The second kappa shape index (κ2) is 10.5. The first-order chi connectivity index (χ1) is 12.8. The fourth-order valence-electron chi connectivity index (χ4n) is 2.76. The molecule has 2 aromatic rings. The molecule has 0 bridgehead atoms. The van der Waals surface area contributed by atoms with E-state index in [9.17, 15) is 19.8 Å². The predicted octanol–water partition coefficient (Wildman–Crippen LogP) is -2.28. The van der Waals surface area contributed by atoms with Crippen molar-refractivity contribution in [3.05, 3.63) is 59.7 Å². The minimum atomic E-state index is -0.932. The number of amides is 1. The monoisotopic (exact) mass is 408 g/mol. The first-order valence-corrected chi connectivity index (χ1v) is 8.60. The van der Waals surface area contributed by atoms with E-state index in [-0.39, 0.29) is 42.2 Å². The summed E-state index contributed by atoms with van der Waals surface area (Å²) in [6.07, 6.45) is 0.110. The van der Waals surface area contributed by atoms with Gasteiger partial charge in [0.05, 0.1) is 7.11 Å². The average Bonchev–Trinajstić information content (AvgIpc) is 2.69. The molecule has 0 aliphatic carbocycles. The number of hydrogen-bond acceptors (Lipinski definition) is 5. The number of benzene rings is 2. The van der Waals surface area contributed by atoms with Gasteiger partial charge in [-0.05, 0) is 23.3 Å². The standard InChI is InChI=1S/C20H24N2O5.ClH/c1-12(14-6-4-3-5-7-14)18(21)19(25)22-15(20(26)27-2)10-13-8-9-16(23)17(24)11-13;/h3-9,11-12,15,18,23-24H,10,21H2,1-2H3,(H,22,25);1H/t12-,15+,18+;/m1./s1. The third-order valence-corrected chi connectivity index (χ3v) is 4.55.